The van der Waals surface area contributed by atoms with Gasteiger partial charge in [-0.2, -0.15) is 0 Å². The van der Waals surface area contributed by atoms with E-state index in [1.54, 1.807) is 0 Å². The number of rotatable bonds is 4. The van der Waals surface area contributed by atoms with E-state index < -0.39 is 0 Å². The van der Waals surface area contributed by atoms with E-state index in [4.69, 9.17) is 22.1 Å². The largest absolute Gasteiger partial charge is 0.373 e. The summed E-state index contributed by atoms with van der Waals surface area (Å²) in [7, 11) is 0. The summed E-state index contributed by atoms with van der Waals surface area (Å²) in [6.45, 7) is 1.33. The molecule has 1 aromatic rings. The van der Waals surface area contributed by atoms with Gasteiger partial charge < -0.3 is 10.5 Å². The molecular formula is C15H22ClNO. The third kappa shape index (κ3) is 3.71. The quantitative estimate of drug-likeness (QED) is 0.843. The molecule has 2 atom stereocenters. The normalized spacial score (nSPS) is 24.8. The molecule has 0 spiro atoms. The minimum Gasteiger partial charge on any atom is -0.373 e. The van der Waals surface area contributed by atoms with Crippen molar-refractivity contribution < 1.29 is 4.74 Å². The Balaban J connectivity index is 1.93. The second-order valence-corrected chi connectivity index (χ2v) is 5.48. The van der Waals surface area contributed by atoms with Crippen LogP contribution in [0.25, 0.3) is 0 Å². The number of halogens is 1. The molecule has 0 radical (unpaired) electrons. The zero-order valence-electron chi connectivity index (χ0n) is 10.8. The molecule has 2 rings (SSSR count). The van der Waals surface area contributed by atoms with Crippen LogP contribution in [0.5, 0.6) is 0 Å². The Bertz CT molecular complexity index is 369. The van der Waals surface area contributed by atoms with Crippen LogP contribution in [0, 0.1) is 5.92 Å². The van der Waals surface area contributed by atoms with Crippen LogP contribution in [0.2, 0.25) is 5.02 Å². The molecule has 1 saturated carbocycles. The van der Waals surface area contributed by atoms with Crippen LogP contribution in [0.15, 0.2) is 24.3 Å². The summed E-state index contributed by atoms with van der Waals surface area (Å²) in [5.41, 5.74) is 6.92. The molecule has 1 fully saturated rings. The summed E-state index contributed by atoms with van der Waals surface area (Å²) >= 11 is 6.14. The smallest absolute Gasteiger partial charge is 0.0735 e. The molecule has 1 aliphatic rings. The van der Waals surface area contributed by atoms with Gasteiger partial charge in [0.15, 0.2) is 0 Å². The van der Waals surface area contributed by atoms with Crippen molar-refractivity contribution in [1.82, 2.24) is 0 Å². The van der Waals surface area contributed by atoms with Gasteiger partial charge in [-0.25, -0.2) is 0 Å². The monoisotopic (exact) mass is 267 g/mol. The van der Waals surface area contributed by atoms with E-state index >= 15 is 0 Å². The summed E-state index contributed by atoms with van der Waals surface area (Å²) in [4.78, 5) is 0. The van der Waals surface area contributed by atoms with Crippen molar-refractivity contribution in [1.29, 1.82) is 0 Å². The highest BCUT2D eigenvalue weighted by molar-refractivity contribution is 6.31. The molecule has 2 nitrogen and oxygen atoms in total. The van der Waals surface area contributed by atoms with Crippen molar-refractivity contribution in [3.05, 3.63) is 34.9 Å². The highest BCUT2D eigenvalue weighted by Gasteiger charge is 2.23. The van der Waals surface area contributed by atoms with Gasteiger partial charge in [-0.3, -0.25) is 0 Å². The van der Waals surface area contributed by atoms with Crippen molar-refractivity contribution in [2.45, 2.75) is 44.8 Å². The SMILES string of the molecule is NCC1CCCCCC1OCc1ccccc1Cl. The lowest BCUT2D eigenvalue weighted by atomic mass is 9.97. The highest BCUT2D eigenvalue weighted by atomic mass is 35.5. The van der Waals surface area contributed by atoms with Crippen molar-refractivity contribution in [2.24, 2.45) is 11.7 Å². The van der Waals surface area contributed by atoms with Gasteiger partial charge in [-0.1, -0.05) is 49.1 Å². The second kappa shape index (κ2) is 7.13. The van der Waals surface area contributed by atoms with Gasteiger partial charge in [-0.05, 0) is 36.9 Å². The minimum atomic E-state index is 0.300. The minimum absolute atomic E-state index is 0.300. The maximum Gasteiger partial charge on any atom is 0.0735 e. The fourth-order valence-electron chi connectivity index (χ4n) is 2.65. The average molecular weight is 268 g/mol. The number of ether oxygens (including phenoxy) is 1. The van der Waals surface area contributed by atoms with Gasteiger partial charge in [0, 0.05) is 5.02 Å². The van der Waals surface area contributed by atoms with E-state index in [2.05, 4.69) is 0 Å². The van der Waals surface area contributed by atoms with Crippen LogP contribution in [-0.2, 0) is 11.3 Å². The molecule has 0 bridgehead atoms. The summed E-state index contributed by atoms with van der Waals surface area (Å²) in [5, 5.41) is 0.787. The van der Waals surface area contributed by atoms with Gasteiger partial charge in [0.1, 0.15) is 0 Å². The zero-order valence-corrected chi connectivity index (χ0v) is 11.5. The standard InChI is InChI=1S/C15H22ClNO/c16-14-8-5-4-7-13(14)11-18-15-9-3-1-2-6-12(15)10-17/h4-5,7-8,12,15H,1-3,6,9-11,17H2. The summed E-state index contributed by atoms with van der Waals surface area (Å²) in [6, 6.07) is 7.88. The van der Waals surface area contributed by atoms with E-state index in [1.165, 1.54) is 25.7 Å². The van der Waals surface area contributed by atoms with Crippen LogP contribution in [0.1, 0.15) is 37.7 Å². The van der Waals surface area contributed by atoms with E-state index in [1.807, 2.05) is 24.3 Å². The molecule has 18 heavy (non-hydrogen) atoms. The van der Waals surface area contributed by atoms with E-state index in [9.17, 15) is 0 Å². The van der Waals surface area contributed by atoms with Crippen molar-refractivity contribution >= 4 is 11.6 Å². The van der Waals surface area contributed by atoms with Crippen LogP contribution in [-0.4, -0.2) is 12.6 Å². The van der Waals surface area contributed by atoms with Crippen LogP contribution >= 0.6 is 11.6 Å². The Morgan fingerprint density at radius 2 is 1.94 bits per heavy atom. The summed E-state index contributed by atoms with van der Waals surface area (Å²) in [5.74, 6) is 0.509. The first-order chi connectivity index (χ1) is 8.81. The van der Waals surface area contributed by atoms with Gasteiger partial charge in [0.2, 0.25) is 0 Å². The molecule has 2 N–H and O–H groups in total. The van der Waals surface area contributed by atoms with Gasteiger partial charge in [0.25, 0.3) is 0 Å². The van der Waals surface area contributed by atoms with E-state index in [0.29, 0.717) is 18.6 Å². The Hall–Kier alpha value is -0.570. The molecule has 0 amide bonds. The Labute approximate surface area is 114 Å². The lowest BCUT2D eigenvalue weighted by molar-refractivity contribution is -0.000749. The van der Waals surface area contributed by atoms with Crippen molar-refractivity contribution in [3.63, 3.8) is 0 Å². The van der Waals surface area contributed by atoms with Gasteiger partial charge in [0.05, 0.1) is 12.7 Å². The number of benzene rings is 1. The van der Waals surface area contributed by atoms with Gasteiger partial charge >= 0.3 is 0 Å². The molecule has 1 aromatic carbocycles. The molecular weight excluding hydrogens is 246 g/mol. The fraction of sp³-hybridized carbons (Fsp3) is 0.600. The molecule has 2 unspecified atom stereocenters. The summed E-state index contributed by atoms with van der Waals surface area (Å²) in [6.07, 6.45) is 6.48. The summed E-state index contributed by atoms with van der Waals surface area (Å²) < 4.78 is 6.07. The third-order valence-corrected chi connectivity index (χ3v) is 4.17. The Morgan fingerprint density at radius 1 is 1.17 bits per heavy atom. The van der Waals surface area contributed by atoms with Gasteiger partial charge in [-0.15, -0.1) is 0 Å². The molecule has 1 aliphatic carbocycles. The average Bonchev–Trinajstić information content (AvgIpc) is 2.62. The maximum absolute atomic E-state index is 6.14. The number of hydrogen-bond acceptors (Lipinski definition) is 2. The highest BCUT2D eigenvalue weighted by Crippen LogP contribution is 2.26. The number of nitrogens with two attached hydrogens (primary N) is 1. The molecule has 0 heterocycles. The first-order valence-electron chi connectivity index (χ1n) is 6.86. The van der Waals surface area contributed by atoms with Crippen molar-refractivity contribution in [3.8, 4) is 0 Å². The predicted octanol–water partition coefficient (Wildman–Crippen LogP) is 3.76. The first-order valence-corrected chi connectivity index (χ1v) is 7.24. The van der Waals surface area contributed by atoms with Crippen LogP contribution in [0.4, 0.5) is 0 Å². The van der Waals surface area contributed by atoms with E-state index in [-0.39, 0.29) is 0 Å². The van der Waals surface area contributed by atoms with E-state index in [0.717, 1.165) is 23.6 Å². The second-order valence-electron chi connectivity index (χ2n) is 5.07. The Morgan fingerprint density at radius 3 is 2.72 bits per heavy atom. The number of hydrogen-bond donors (Lipinski definition) is 1. The molecule has 0 saturated heterocycles. The fourth-order valence-corrected chi connectivity index (χ4v) is 2.84. The third-order valence-electron chi connectivity index (χ3n) is 3.80. The van der Waals surface area contributed by atoms with Crippen LogP contribution < -0.4 is 5.73 Å². The molecule has 3 heteroatoms. The first kappa shape index (κ1) is 13.9. The van der Waals surface area contributed by atoms with Crippen molar-refractivity contribution in [2.75, 3.05) is 6.54 Å². The molecule has 0 aliphatic heterocycles. The lowest BCUT2D eigenvalue weighted by Gasteiger charge is -2.24. The zero-order chi connectivity index (χ0) is 12.8. The predicted molar refractivity (Wildman–Crippen MR) is 75.7 cm³/mol. The molecule has 0 aromatic heterocycles. The Kier molecular flexibility index (Phi) is 5.48. The van der Waals surface area contributed by atoms with Crippen LogP contribution in [0.3, 0.4) is 0 Å². The lowest BCUT2D eigenvalue weighted by Crippen LogP contribution is -2.29. The molecule has 100 valence electrons. The maximum atomic E-state index is 6.14. The topological polar surface area (TPSA) is 35.2 Å².